The first-order chi connectivity index (χ1) is 14.5. The first-order valence-electron chi connectivity index (χ1n) is 8.82. The van der Waals surface area contributed by atoms with E-state index in [0.717, 1.165) is 0 Å². The third kappa shape index (κ3) is 3.93. The van der Waals surface area contributed by atoms with Gasteiger partial charge in [0, 0.05) is 5.56 Å². The molecule has 0 atom stereocenters. The van der Waals surface area contributed by atoms with E-state index in [9.17, 15) is 19.6 Å². The Morgan fingerprint density at radius 2 is 1.90 bits per heavy atom. The van der Waals surface area contributed by atoms with Crippen LogP contribution in [0.1, 0.15) is 15.9 Å². The van der Waals surface area contributed by atoms with Gasteiger partial charge >= 0.3 is 5.97 Å². The Labute approximate surface area is 170 Å². The zero-order valence-electron chi connectivity index (χ0n) is 15.5. The number of fused-ring (bicyclic) bond motifs is 2. The molecule has 2 aromatic rings. The molecule has 0 fully saturated rings. The summed E-state index contributed by atoms with van der Waals surface area (Å²) in [6, 6.07) is 11.2. The van der Waals surface area contributed by atoms with E-state index in [1.807, 2.05) is 0 Å². The standard InChI is InChI=1S/C21H14N2O7/c22-8-14(5-12-1-3-18-19(6-12)30-11-29-18)21(26)28-9-16(24)13-2-4-17-15(7-13)23-20(25)10-27-17/h1-7H,9-11H2,(H,23,25). The molecule has 2 aliphatic heterocycles. The molecule has 2 aromatic carbocycles. The van der Waals surface area contributed by atoms with Gasteiger partial charge in [-0.15, -0.1) is 0 Å². The molecule has 0 unspecified atom stereocenters. The van der Waals surface area contributed by atoms with Crippen molar-refractivity contribution in [3.8, 4) is 23.3 Å². The van der Waals surface area contributed by atoms with Gasteiger partial charge in [0.05, 0.1) is 5.69 Å². The third-order valence-electron chi connectivity index (χ3n) is 4.32. The van der Waals surface area contributed by atoms with Crippen LogP contribution in [-0.2, 0) is 14.3 Å². The van der Waals surface area contributed by atoms with Crippen molar-refractivity contribution in [3.05, 3.63) is 53.1 Å². The molecule has 0 radical (unpaired) electrons. The van der Waals surface area contributed by atoms with E-state index < -0.39 is 18.4 Å². The second-order valence-electron chi connectivity index (χ2n) is 6.33. The fraction of sp³-hybridized carbons (Fsp3) is 0.143. The molecule has 0 saturated carbocycles. The SMILES string of the molecule is N#CC(=Cc1ccc2c(c1)OCO2)C(=O)OCC(=O)c1ccc2c(c1)NC(=O)CO2. The number of nitrogens with one attached hydrogen (secondary N) is 1. The Bertz CT molecular complexity index is 1130. The first kappa shape index (κ1) is 19.0. The first-order valence-corrected chi connectivity index (χ1v) is 8.82. The molecule has 0 bridgehead atoms. The molecule has 0 spiro atoms. The summed E-state index contributed by atoms with van der Waals surface area (Å²) in [5.74, 6) is -0.226. The second-order valence-corrected chi connectivity index (χ2v) is 6.33. The monoisotopic (exact) mass is 406 g/mol. The number of nitriles is 1. The summed E-state index contributed by atoms with van der Waals surface area (Å²) in [5, 5.41) is 11.9. The van der Waals surface area contributed by atoms with Crippen molar-refractivity contribution >= 4 is 29.4 Å². The van der Waals surface area contributed by atoms with Crippen LogP contribution in [-0.4, -0.2) is 37.7 Å². The van der Waals surface area contributed by atoms with E-state index >= 15 is 0 Å². The highest BCUT2D eigenvalue weighted by atomic mass is 16.7. The van der Waals surface area contributed by atoms with Gasteiger partial charge in [-0.05, 0) is 42.0 Å². The largest absolute Gasteiger partial charge is 0.482 e. The molecule has 1 N–H and O–H groups in total. The van der Waals surface area contributed by atoms with E-state index in [4.69, 9.17) is 18.9 Å². The zero-order valence-corrected chi connectivity index (χ0v) is 15.5. The maximum Gasteiger partial charge on any atom is 0.349 e. The normalized spacial score (nSPS) is 14.1. The molecule has 0 aliphatic carbocycles. The Morgan fingerprint density at radius 1 is 1.10 bits per heavy atom. The van der Waals surface area contributed by atoms with Crippen molar-refractivity contribution in [1.82, 2.24) is 0 Å². The molecule has 9 heteroatoms. The fourth-order valence-corrected chi connectivity index (χ4v) is 2.86. The highest BCUT2D eigenvalue weighted by Gasteiger charge is 2.20. The number of benzene rings is 2. The predicted octanol–water partition coefficient (Wildman–Crippen LogP) is 2.08. The van der Waals surface area contributed by atoms with Crippen molar-refractivity contribution in [1.29, 1.82) is 5.26 Å². The van der Waals surface area contributed by atoms with Crippen LogP contribution >= 0.6 is 0 Å². The van der Waals surface area contributed by atoms with Gasteiger partial charge in [-0.2, -0.15) is 5.26 Å². The van der Waals surface area contributed by atoms with Gasteiger partial charge in [-0.3, -0.25) is 9.59 Å². The number of ether oxygens (including phenoxy) is 4. The quantitative estimate of drug-likeness (QED) is 0.346. The van der Waals surface area contributed by atoms with Crippen molar-refractivity contribution < 1.29 is 33.3 Å². The molecule has 1 amide bonds. The lowest BCUT2D eigenvalue weighted by molar-refractivity contribution is -0.137. The fourth-order valence-electron chi connectivity index (χ4n) is 2.86. The van der Waals surface area contributed by atoms with Crippen molar-refractivity contribution in [2.24, 2.45) is 0 Å². The topological polar surface area (TPSA) is 124 Å². The molecular formula is C21H14N2O7. The minimum absolute atomic E-state index is 0.0927. The van der Waals surface area contributed by atoms with E-state index in [-0.39, 0.29) is 30.4 Å². The van der Waals surface area contributed by atoms with Crippen molar-refractivity contribution in [2.75, 3.05) is 25.3 Å². The highest BCUT2D eigenvalue weighted by Crippen LogP contribution is 2.33. The summed E-state index contributed by atoms with van der Waals surface area (Å²) in [7, 11) is 0. The number of esters is 1. The number of anilines is 1. The van der Waals surface area contributed by atoms with Gasteiger partial charge < -0.3 is 24.3 Å². The molecule has 2 heterocycles. The Balaban J connectivity index is 1.42. The van der Waals surface area contributed by atoms with Gasteiger partial charge in [-0.25, -0.2) is 4.79 Å². The van der Waals surface area contributed by atoms with Crippen LogP contribution in [0, 0.1) is 11.3 Å². The molecule has 2 aliphatic rings. The molecule has 4 rings (SSSR count). The molecule has 9 nitrogen and oxygen atoms in total. The van der Waals surface area contributed by atoms with E-state index in [1.54, 1.807) is 30.3 Å². The number of hydrogen-bond acceptors (Lipinski definition) is 8. The zero-order chi connectivity index (χ0) is 21.1. The van der Waals surface area contributed by atoms with Crippen molar-refractivity contribution in [2.45, 2.75) is 0 Å². The number of Topliss-reactive ketones (excluding diaryl/α,β-unsaturated/α-hetero) is 1. The highest BCUT2D eigenvalue weighted by molar-refractivity contribution is 6.03. The minimum atomic E-state index is -0.932. The second kappa shape index (κ2) is 7.97. The van der Waals surface area contributed by atoms with E-state index in [2.05, 4.69) is 5.32 Å². The number of ketones is 1. The summed E-state index contributed by atoms with van der Waals surface area (Å²) in [6.07, 6.45) is 1.33. The number of rotatable bonds is 5. The van der Waals surface area contributed by atoms with Crippen LogP contribution in [0.2, 0.25) is 0 Å². The minimum Gasteiger partial charge on any atom is -0.482 e. The predicted molar refractivity (Wildman–Crippen MR) is 102 cm³/mol. The third-order valence-corrected chi connectivity index (χ3v) is 4.32. The Morgan fingerprint density at radius 3 is 2.73 bits per heavy atom. The Hall–Kier alpha value is -4.32. The summed E-state index contributed by atoms with van der Waals surface area (Å²) < 4.78 is 20.7. The maximum absolute atomic E-state index is 12.4. The summed E-state index contributed by atoms with van der Waals surface area (Å²) in [5.41, 5.74) is 0.867. The van der Waals surface area contributed by atoms with Gasteiger partial charge in [0.15, 0.2) is 30.5 Å². The van der Waals surface area contributed by atoms with Crippen LogP contribution in [0.5, 0.6) is 17.2 Å². The van der Waals surface area contributed by atoms with E-state index in [0.29, 0.717) is 28.5 Å². The van der Waals surface area contributed by atoms with Crippen LogP contribution in [0.3, 0.4) is 0 Å². The molecule has 30 heavy (non-hydrogen) atoms. The van der Waals surface area contributed by atoms with Gasteiger partial charge in [-0.1, -0.05) is 6.07 Å². The smallest absolute Gasteiger partial charge is 0.349 e. The lowest BCUT2D eigenvalue weighted by Crippen LogP contribution is -2.25. The molecular weight excluding hydrogens is 392 g/mol. The molecule has 0 aromatic heterocycles. The van der Waals surface area contributed by atoms with Crippen LogP contribution in [0.15, 0.2) is 42.0 Å². The number of amides is 1. The Kier molecular flexibility index (Phi) is 5.05. The molecule has 0 saturated heterocycles. The maximum atomic E-state index is 12.4. The van der Waals surface area contributed by atoms with Crippen LogP contribution in [0.25, 0.3) is 6.08 Å². The number of hydrogen-bond donors (Lipinski definition) is 1. The van der Waals surface area contributed by atoms with Gasteiger partial charge in [0.25, 0.3) is 5.91 Å². The lowest BCUT2D eigenvalue weighted by Gasteiger charge is -2.18. The lowest BCUT2D eigenvalue weighted by atomic mass is 10.1. The number of carbonyl (C=O) groups is 3. The number of carbonyl (C=O) groups excluding carboxylic acids is 3. The van der Waals surface area contributed by atoms with Crippen LogP contribution < -0.4 is 19.5 Å². The van der Waals surface area contributed by atoms with Gasteiger partial charge in [0.2, 0.25) is 6.79 Å². The van der Waals surface area contributed by atoms with Gasteiger partial charge in [0.1, 0.15) is 17.4 Å². The molecule has 150 valence electrons. The summed E-state index contributed by atoms with van der Waals surface area (Å²) in [6.45, 7) is -0.548. The summed E-state index contributed by atoms with van der Waals surface area (Å²) >= 11 is 0. The average molecular weight is 406 g/mol. The van der Waals surface area contributed by atoms with E-state index in [1.165, 1.54) is 18.2 Å². The summed E-state index contributed by atoms with van der Waals surface area (Å²) in [4.78, 5) is 36.0. The number of nitrogens with zero attached hydrogens (tertiary/aromatic N) is 1. The van der Waals surface area contributed by atoms with Crippen LogP contribution in [0.4, 0.5) is 5.69 Å². The average Bonchev–Trinajstić information content (AvgIpc) is 3.22. The van der Waals surface area contributed by atoms with Crippen molar-refractivity contribution in [3.63, 3.8) is 0 Å².